The van der Waals surface area contributed by atoms with E-state index in [1.54, 1.807) is 0 Å². The lowest BCUT2D eigenvalue weighted by atomic mass is 10.1. The highest BCUT2D eigenvalue weighted by atomic mass is 16.7. The first kappa shape index (κ1) is 30.0. The Balaban J connectivity index is 1.85. The number of esters is 2. The maximum Gasteiger partial charge on any atom is 0.514 e. The number of hydrogen-bond donors (Lipinski definition) is 1. The van der Waals surface area contributed by atoms with E-state index in [1.807, 2.05) is 0 Å². The second-order valence-corrected chi connectivity index (χ2v) is 7.55. The third kappa shape index (κ3) is 11.2. The lowest BCUT2D eigenvalue weighted by molar-refractivity contribution is -0.384. The number of rotatable bonds is 14. The monoisotopic (exact) mass is 542 g/mol. The Morgan fingerprint density at radius 3 is 2.08 bits per heavy atom. The van der Waals surface area contributed by atoms with Crippen LogP contribution in [0.2, 0.25) is 0 Å². The topological polar surface area (TPSA) is 170 Å². The molecule has 1 N–H and O–H groups in total. The summed E-state index contributed by atoms with van der Waals surface area (Å²) in [6, 6.07) is 9.60. The van der Waals surface area contributed by atoms with Crippen molar-refractivity contribution in [3.63, 3.8) is 0 Å². The van der Waals surface area contributed by atoms with Gasteiger partial charge >= 0.3 is 24.2 Å². The molecule has 0 aliphatic rings. The van der Waals surface area contributed by atoms with Gasteiger partial charge in [0.15, 0.2) is 0 Å². The normalized spacial score (nSPS) is 10.8. The molecule has 0 fully saturated rings. The minimum atomic E-state index is -1.18. The standard InChI is InChI=1S/C26H26N2O11/c1-3-15-35-23(29)14-13-22(24(30)36-16-4-2)27-25(31)38-20-9-5-18(6-10-20)17-37-26(32)39-21-11-7-19(8-12-21)28(33)34/h3-12,22H,1-2,13-17H2,(H,27,31)/t22-/m0/s1. The maximum absolute atomic E-state index is 12.3. The fourth-order valence-electron chi connectivity index (χ4n) is 2.81. The van der Waals surface area contributed by atoms with Crippen LogP contribution in [0.5, 0.6) is 11.5 Å². The number of carbonyl (C=O) groups excluding carboxylic acids is 4. The van der Waals surface area contributed by atoms with Gasteiger partial charge in [-0.3, -0.25) is 14.9 Å². The summed E-state index contributed by atoms with van der Waals surface area (Å²) in [5.74, 6) is -1.17. The van der Waals surface area contributed by atoms with E-state index in [9.17, 15) is 29.3 Å². The average molecular weight is 542 g/mol. The van der Waals surface area contributed by atoms with E-state index in [4.69, 9.17) is 23.7 Å². The summed E-state index contributed by atoms with van der Waals surface area (Å²) in [6.45, 7) is 6.64. The van der Waals surface area contributed by atoms with Crippen LogP contribution in [0.4, 0.5) is 15.3 Å². The first-order chi connectivity index (χ1) is 18.7. The number of nitrogens with zero attached hydrogens (tertiary/aromatic N) is 1. The average Bonchev–Trinajstić information content (AvgIpc) is 2.92. The predicted octanol–water partition coefficient (Wildman–Crippen LogP) is 4.01. The number of nitro benzene ring substituents is 1. The fraction of sp³-hybridized carbons (Fsp3) is 0.231. The van der Waals surface area contributed by atoms with Crippen molar-refractivity contribution in [3.05, 3.63) is 89.5 Å². The van der Waals surface area contributed by atoms with Crippen LogP contribution in [0.25, 0.3) is 0 Å². The summed E-state index contributed by atoms with van der Waals surface area (Å²) in [5, 5.41) is 13.0. The van der Waals surface area contributed by atoms with Gasteiger partial charge in [0.2, 0.25) is 0 Å². The smallest absolute Gasteiger partial charge is 0.461 e. The highest BCUT2D eigenvalue weighted by Gasteiger charge is 2.24. The van der Waals surface area contributed by atoms with Crippen molar-refractivity contribution in [1.82, 2.24) is 5.32 Å². The zero-order valence-corrected chi connectivity index (χ0v) is 20.7. The molecule has 2 rings (SSSR count). The first-order valence-corrected chi connectivity index (χ1v) is 11.4. The molecule has 0 bridgehead atoms. The molecule has 0 aliphatic carbocycles. The number of carbonyl (C=O) groups is 4. The molecule has 0 aliphatic heterocycles. The van der Waals surface area contributed by atoms with Crippen LogP contribution in [0.1, 0.15) is 18.4 Å². The van der Waals surface area contributed by atoms with Crippen LogP contribution in [0.15, 0.2) is 73.8 Å². The van der Waals surface area contributed by atoms with Crippen molar-refractivity contribution >= 4 is 29.9 Å². The van der Waals surface area contributed by atoms with Crippen molar-refractivity contribution in [2.75, 3.05) is 13.2 Å². The molecule has 1 amide bonds. The van der Waals surface area contributed by atoms with E-state index in [1.165, 1.54) is 60.7 Å². The molecule has 2 aromatic rings. The van der Waals surface area contributed by atoms with E-state index in [-0.39, 0.29) is 49.8 Å². The van der Waals surface area contributed by atoms with Gasteiger partial charge in [0.1, 0.15) is 37.4 Å². The number of nitrogens with one attached hydrogen (secondary N) is 1. The number of non-ortho nitro benzene ring substituents is 1. The van der Waals surface area contributed by atoms with Crippen molar-refractivity contribution in [2.45, 2.75) is 25.5 Å². The van der Waals surface area contributed by atoms with Crippen LogP contribution < -0.4 is 14.8 Å². The van der Waals surface area contributed by atoms with Crippen LogP contribution >= 0.6 is 0 Å². The highest BCUT2D eigenvalue weighted by molar-refractivity contribution is 5.83. The van der Waals surface area contributed by atoms with Gasteiger partial charge in [-0.2, -0.15) is 0 Å². The Bertz CT molecular complexity index is 1180. The van der Waals surface area contributed by atoms with Gasteiger partial charge < -0.3 is 29.0 Å². The molecule has 0 saturated carbocycles. The first-order valence-electron chi connectivity index (χ1n) is 11.4. The summed E-state index contributed by atoms with van der Waals surface area (Å²) in [7, 11) is 0. The molecule has 39 heavy (non-hydrogen) atoms. The van der Waals surface area contributed by atoms with Crippen LogP contribution in [0.3, 0.4) is 0 Å². The molecule has 0 aromatic heterocycles. The lowest BCUT2D eigenvalue weighted by Gasteiger charge is -2.17. The molecule has 13 heteroatoms. The lowest BCUT2D eigenvalue weighted by Crippen LogP contribution is -2.43. The van der Waals surface area contributed by atoms with Crippen LogP contribution in [-0.4, -0.2) is 48.4 Å². The molecule has 2 aromatic carbocycles. The Morgan fingerprint density at radius 2 is 1.46 bits per heavy atom. The largest absolute Gasteiger partial charge is 0.514 e. The number of nitro groups is 1. The number of hydrogen-bond acceptors (Lipinski definition) is 11. The number of benzene rings is 2. The van der Waals surface area contributed by atoms with E-state index in [2.05, 4.69) is 18.5 Å². The molecule has 13 nitrogen and oxygen atoms in total. The second-order valence-electron chi connectivity index (χ2n) is 7.55. The van der Waals surface area contributed by atoms with Crippen LogP contribution in [0, 0.1) is 10.1 Å². The zero-order chi connectivity index (χ0) is 28.6. The number of amides is 1. The minimum Gasteiger partial charge on any atom is -0.461 e. The summed E-state index contributed by atoms with van der Waals surface area (Å²) >= 11 is 0. The van der Waals surface area contributed by atoms with Crippen molar-refractivity contribution in [1.29, 1.82) is 0 Å². The molecule has 0 radical (unpaired) electrons. The maximum atomic E-state index is 12.3. The summed E-state index contributed by atoms with van der Waals surface area (Å²) in [5.41, 5.74) is 0.381. The third-order valence-electron chi connectivity index (χ3n) is 4.66. The summed E-state index contributed by atoms with van der Waals surface area (Å²) in [6.07, 6.45) is 0.508. The quantitative estimate of drug-likeness (QED) is 0.0914. The molecule has 1 atom stereocenters. The zero-order valence-electron chi connectivity index (χ0n) is 20.7. The second kappa shape index (κ2) is 15.8. The molecule has 206 valence electrons. The minimum absolute atomic E-state index is 0.0158. The van der Waals surface area contributed by atoms with Crippen LogP contribution in [-0.2, 0) is 30.4 Å². The van der Waals surface area contributed by atoms with E-state index >= 15 is 0 Å². The Hall–Kier alpha value is -5.20. The molecule has 0 unspecified atom stereocenters. The predicted molar refractivity (Wildman–Crippen MR) is 135 cm³/mol. The Morgan fingerprint density at radius 1 is 0.872 bits per heavy atom. The fourth-order valence-corrected chi connectivity index (χ4v) is 2.81. The number of ether oxygens (including phenoxy) is 5. The molecular formula is C26H26N2O11. The van der Waals surface area contributed by atoms with E-state index in [0.29, 0.717) is 5.56 Å². The van der Waals surface area contributed by atoms with E-state index in [0.717, 1.165) is 0 Å². The van der Waals surface area contributed by atoms with Gasteiger partial charge in [-0.05, 0) is 36.2 Å². The van der Waals surface area contributed by atoms with Gasteiger partial charge in [0, 0.05) is 18.6 Å². The van der Waals surface area contributed by atoms with Gasteiger partial charge in [-0.25, -0.2) is 14.4 Å². The third-order valence-corrected chi connectivity index (χ3v) is 4.66. The van der Waals surface area contributed by atoms with Gasteiger partial charge in [-0.1, -0.05) is 37.4 Å². The van der Waals surface area contributed by atoms with Gasteiger partial charge in [0.05, 0.1) is 4.92 Å². The molecule has 0 heterocycles. The molecule has 0 spiro atoms. The molecule has 0 saturated heterocycles. The van der Waals surface area contributed by atoms with Crippen molar-refractivity contribution in [3.8, 4) is 11.5 Å². The summed E-state index contributed by atoms with van der Waals surface area (Å²) < 4.78 is 24.9. The Labute approximate surface area is 223 Å². The summed E-state index contributed by atoms with van der Waals surface area (Å²) in [4.78, 5) is 58.3. The van der Waals surface area contributed by atoms with Crippen molar-refractivity contribution < 1.29 is 47.8 Å². The highest BCUT2D eigenvalue weighted by Crippen LogP contribution is 2.18. The van der Waals surface area contributed by atoms with Gasteiger partial charge in [-0.15, -0.1) is 0 Å². The Kier molecular flexibility index (Phi) is 12.2. The SMILES string of the molecule is C=CCOC(=O)CC[C@H](NC(=O)Oc1ccc(COC(=O)Oc2ccc([N+](=O)[O-])cc2)cc1)C(=O)OCC=C. The van der Waals surface area contributed by atoms with E-state index < -0.39 is 35.2 Å². The van der Waals surface area contributed by atoms with Gasteiger partial charge in [0.25, 0.3) is 5.69 Å². The molecular weight excluding hydrogens is 516 g/mol. The van der Waals surface area contributed by atoms with Crippen molar-refractivity contribution in [2.24, 2.45) is 0 Å².